The Balaban J connectivity index is 1.51. The Labute approximate surface area is 166 Å². The van der Waals surface area contributed by atoms with Crippen molar-refractivity contribution >= 4 is 51.8 Å². The van der Waals surface area contributed by atoms with E-state index in [0.717, 1.165) is 12.3 Å². The number of fused-ring (bicyclic) bond motifs is 1. The zero-order valence-electron chi connectivity index (χ0n) is 13.3. The Hall–Kier alpha value is -0.0400. The van der Waals surface area contributed by atoms with Gasteiger partial charge in [-0.05, 0) is 49.8 Å². The van der Waals surface area contributed by atoms with Crippen molar-refractivity contribution in [3.05, 3.63) is 33.8 Å². The molecule has 132 valence electrons. The Morgan fingerprint density at radius 3 is 2.83 bits per heavy atom. The molecule has 1 aliphatic carbocycles. The van der Waals surface area contributed by atoms with Crippen molar-refractivity contribution in [2.75, 3.05) is 6.61 Å². The average molecular weight is 483 g/mol. The van der Waals surface area contributed by atoms with E-state index in [1.165, 1.54) is 32.1 Å². The molecule has 1 aromatic carbocycles. The van der Waals surface area contributed by atoms with Gasteiger partial charge >= 0.3 is 5.97 Å². The second kappa shape index (κ2) is 8.56. The lowest BCUT2D eigenvalue weighted by Gasteiger charge is -2.40. The molecule has 1 aromatic rings. The van der Waals surface area contributed by atoms with Gasteiger partial charge in [0, 0.05) is 5.02 Å². The minimum Gasteiger partial charge on any atom is -0.461 e. The minimum absolute atomic E-state index is 0.153. The Bertz CT molecular complexity index is 596. The highest BCUT2D eigenvalue weighted by atomic mass is 127. The third-order valence-electron chi connectivity index (χ3n) is 4.94. The molecule has 1 heterocycles. The molecule has 24 heavy (non-hydrogen) atoms. The van der Waals surface area contributed by atoms with Crippen molar-refractivity contribution in [1.29, 1.82) is 0 Å². The van der Waals surface area contributed by atoms with Gasteiger partial charge in [0.2, 0.25) is 0 Å². The molecule has 2 fully saturated rings. The standard InChI is InChI=1S/C18H21Cl2IO3/c19-12-6-7-13(14(20)9-12)18(22)23-10-15(21)17-8-5-11-3-1-2-4-16(11)24-17/h6-7,9,11,15-17H,1-5,8,10H2/t11-,15+,16+,17+/m0/s1. The summed E-state index contributed by atoms with van der Waals surface area (Å²) in [6.07, 6.45) is 7.92. The number of carbonyl (C=O) groups is 1. The Morgan fingerprint density at radius 2 is 2.04 bits per heavy atom. The van der Waals surface area contributed by atoms with Crippen molar-refractivity contribution in [2.24, 2.45) is 5.92 Å². The molecule has 1 saturated carbocycles. The second-order valence-electron chi connectivity index (χ2n) is 6.57. The van der Waals surface area contributed by atoms with Crippen LogP contribution in [0.3, 0.4) is 0 Å². The summed E-state index contributed by atoms with van der Waals surface area (Å²) in [5.74, 6) is 0.318. The van der Waals surface area contributed by atoms with Gasteiger partial charge in [-0.1, -0.05) is 58.6 Å². The SMILES string of the molecule is O=C(OC[C@@H](I)[C@H]1CC[C@@H]2CCCC[C@H]2O1)c1ccc(Cl)cc1Cl. The fraction of sp³-hybridized carbons (Fsp3) is 0.611. The van der Waals surface area contributed by atoms with Crippen LogP contribution in [0.25, 0.3) is 0 Å². The fourth-order valence-corrected chi connectivity index (χ4v) is 4.81. The molecule has 0 aromatic heterocycles. The monoisotopic (exact) mass is 482 g/mol. The first-order valence-corrected chi connectivity index (χ1v) is 10.5. The van der Waals surface area contributed by atoms with Crippen molar-refractivity contribution in [3.8, 4) is 0 Å². The van der Waals surface area contributed by atoms with Gasteiger partial charge in [-0.2, -0.15) is 0 Å². The van der Waals surface area contributed by atoms with Gasteiger partial charge in [-0.25, -0.2) is 4.79 Å². The molecule has 6 heteroatoms. The summed E-state index contributed by atoms with van der Waals surface area (Å²) in [7, 11) is 0. The molecule has 0 unspecified atom stereocenters. The zero-order valence-corrected chi connectivity index (χ0v) is 17.0. The van der Waals surface area contributed by atoms with Crippen LogP contribution < -0.4 is 0 Å². The maximum absolute atomic E-state index is 12.2. The minimum atomic E-state index is -0.412. The van der Waals surface area contributed by atoms with Gasteiger partial charge in [0.15, 0.2) is 0 Å². The lowest BCUT2D eigenvalue weighted by Crippen LogP contribution is -2.42. The van der Waals surface area contributed by atoms with E-state index in [-0.39, 0.29) is 10.0 Å². The molecule has 3 rings (SSSR count). The summed E-state index contributed by atoms with van der Waals surface area (Å²) in [4.78, 5) is 12.2. The Morgan fingerprint density at radius 1 is 1.25 bits per heavy atom. The highest BCUT2D eigenvalue weighted by molar-refractivity contribution is 14.1. The van der Waals surface area contributed by atoms with Gasteiger partial charge in [0.25, 0.3) is 0 Å². The largest absolute Gasteiger partial charge is 0.461 e. The van der Waals surface area contributed by atoms with Crippen molar-refractivity contribution in [1.82, 2.24) is 0 Å². The molecule has 0 N–H and O–H groups in total. The lowest BCUT2D eigenvalue weighted by molar-refractivity contribution is -0.100. The fourth-order valence-electron chi connectivity index (χ4n) is 3.62. The van der Waals surface area contributed by atoms with Crippen LogP contribution in [0.5, 0.6) is 0 Å². The number of rotatable bonds is 4. The second-order valence-corrected chi connectivity index (χ2v) is 9.02. The number of hydrogen-bond donors (Lipinski definition) is 0. The van der Waals surface area contributed by atoms with E-state index in [1.54, 1.807) is 18.2 Å². The van der Waals surface area contributed by atoms with Crippen molar-refractivity contribution < 1.29 is 14.3 Å². The van der Waals surface area contributed by atoms with Gasteiger partial charge in [-0.3, -0.25) is 0 Å². The van der Waals surface area contributed by atoms with Crippen molar-refractivity contribution in [2.45, 2.75) is 54.7 Å². The maximum atomic E-state index is 12.2. The third kappa shape index (κ3) is 4.57. The van der Waals surface area contributed by atoms with Crippen LogP contribution in [-0.4, -0.2) is 28.7 Å². The van der Waals surface area contributed by atoms with Crippen LogP contribution in [0.1, 0.15) is 48.9 Å². The van der Waals surface area contributed by atoms with E-state index in [2.05, 4.69) is 22.6 Å². The number of esters is 1. The summed E-state index contributed by atoms with van der Waals surface area (Å²) in [5.41, 5.74) is 0.349. The van der Waals surface area contributed by atoms with Crippen molar-refractivity contribution in [3.63, 3.8) is 0 Å². The van der Waals surface area contributed by atoms with E-state index in [0.29, 0.717) is 28.3 Å². The van der Waals surface area contributed by atoms with Gasteiger partial charge in [0.05, 0.1) is 26.7 Å². The quantitative estimate of drug-likeness (QED) is 0.314. The molecule has 0 amide bonds. The molecule has 4 atom stereocenters. The van der Waals surface area contributed by atoms with Crippen LogP contribution in [0.4, 0.5) is 0 Å². The summed E-state index contributed by atoms with van der Waals surface area (Å²) in [6, 6.07) is 4.78. The number of benzene rings is 1. The smallest absolute Gasteiger partial charge is 0.339 e. The lowest BCUT2D eigenvalue weighted by atomic mass is 9.80. The number of hydrogen-bond acceptors (Lipinski definition) is 3. The van der Waals surface area contributed by atoms with Gasteiger partial charge < -0.3 is 9.47 Å². The first-order valence-electron chi connectivity index (χ1n) is 8.46. The van der Waals surface area contributed by atoms with E-state index < -0.39 is 5.97 Å². The van der Waals surface area contributed by atoms with E-state index >= 15 is 0 Å². The molecule has 1 aliphatic heterocycles. The summed E-state index contributed by atoms with van der Waals surface area (Å²) < 4.78 is 11.9. The van der Waals surface area contributed by atoms with Crippen LogP contribution in [0.15, 0.2) is 18.2 Å². The van der Waals surface area contributed by atoms with Crippen LogP contribution in [0, 0.1) is 5.92 Å². The highest BCUT2D eigenvalue weighted by Crippen LogP contribution is 2.37. The predicted molar refractivity (Wildman–Crippen MR) is 104 cm³/mol. The number of carbonyl (C=O) groups excluding carboxylic acids is 1. The van der Waals surface area contributed by atoms with Crippen LogP contribution in [-0.2, 0) is 9.47 Å². The molecular weight excluding hydrogens is 462 g/mol. The first-order chi connectivity index (χ1) is 11.5. The number of ether oxygens (including phenoxy) is 2. The zero-order chi connectivity index (χ0) is 17.1. The molecular formula is C18H21Cl2IO3. The third-order valence-corrected chi connectivity index (χ3v) is 6.65. The topological polar surface area (TPSA) is 35.5 Å². The van der Waals surface area contributed by atoms with Crippen LogP contribution in [0.2, 0.25) is 10.0 Å². The summed E-state index contributed by atoms with van der Waals surface area (Å²) >= 11 is 14.2. The van der Waals surface area contributed by atoms with Gasteiger partial charge in [-0.15, -0.1) is 0 Å². The molecule has 1 saturated heterocycles. The number of halogens is 3. The summed E-state index contributed by atoms with van der Waals surface area (Å²) in [6.45, 7) is 0.334. The van der Waals surface area contributed by atoms with E-state index in [1.807, 2.05) is 0 Å². The average Bonchev–Trinajstić information content (AvgIpc) is 2.59. The molecule has 3 nitrogen and oxygen atoms in total. The summed E-state index contributed by atoms with van der Waals surface area (Å²) in [5, 5.41) is 0.817. The normalized spacial score (nSPS) is 28.0. The molecule has 0 bridgehead atoms. The van der Waals surface area contributed by atoms with E-state index in [9.17, 15) is 4.79 Å². The number of alkyl halides is 1. The predicted octanol–water partition coefficient (Wildman–Crippen LogP) is 5.69. The van der Waals surface area contributed by atoms with Crippen LogP contribution >= 0.6 is 45.8 Å². The maximum Gasteiger partial charge on any atom is 0.339 e. The van der Waals surface area contributed by atoms with E-state index in [4.69, 9.17) is 32.7 Å². The molecule has 0 spiro atoms. The first kappa shape index (κ1) is 18.7. The Kier molecular flexibility index (Phi) is 6.69. The molecule has 0 radical (unpaired) electrons. The molecule has 2 aliphatic rings. The van der Waals surface area contributed by atoms with Gasteiger partial charge in [0.1, 0.15) is 6.61 Å². The highest BCUT2D eigenvalue weighted by Gasteiger charge is 2.35.